The topological polar surface area (TPSA) is 73.3 Å². The zero-order chi connectivity index (χ0) is 21.4. The predicted octanol–water partition coefficient (Wildman–Crippen LogP) is 5.78. The standard InChI is InChI=1S/C22H16ClN3O3S2/c1-12-24-21(14-7-19(31-22(14)25-12)13-5-3-2-4-6-13)30-10-20(27)26-16-9-18-17(8-15(16)23)28-11-29-18/h2-9H,10-11H2,1H3,(H,26,27). The van der Waals surface area contributed by atoms with E-state index in [0.29, 0.717) is 28.0 Å². The molecule has 0 spiro atoms. The second kappa shape index (κ2) is 8.37. The fraction of sp³-hybridized carbons (Fsp3) is 0.136. The van der Waals surface area contributed by atoms with Crippen molar-refractivity contribution in [3.63, 3.8) is 0 Å². The second-order valence-electron chi connectivity index (χ2n) is 6.79. The number of thioether (sulfide) groups is 1. The molecule has 0 bridgehead atoms. The highest BCUT2D eigenvalue weighted by molar-refractivity contribution is 8.00. The van der Waals surface area contributed by atoms with Gasteiger partial charge in [0.2, 0.25) is 12.7 Å². The van der Waals surface area contributed by atoms with Gasteiger partial charge in [-0.1, -0.05) is 53.7 Å². The Balaban J connectivity index is 1.35. The van der Waals surface area contributed by atoms with Crippen molar-refractivity contribution in [2.24, 2.45) is 0 Å². The van der Waals surface area contributed by atoms with E-state index in [9.17, 15) is 4.79 Å². The largest absolute Gasteiger partial charge is 0.454 e. The first kappa shape index (κ1) is 20.1. The Morgan fingerprint density at radius 2 is 1.94 bits per heavy atom. The lowest BCUT2D eigenvalue weighted by molar-refractivity contribution is -0.113. The normalized spacial score (nSPS) is 12.3. The van der Waals surface area contributed by atoms with E-state index >= 15 is 0 Å². The van der Waals surface area contributed by atoms with Crippen molar-refractivity contribution in [1.82, 2.24) is 9.97 Å². The second-order valence-corrected chi connectivity index (χ2v) is 9.20. The van der Waals surface area contributed by atoms with Gasteiger partial charge in [-0.25, -0.2) is 9.97 Å². The highest BCUT2D eigenvalue weighted by Gasteiger charge is 2.18. The van der Waals surface area contributed by atoms with Gasteiger partial charge >= 0.3 is 0 Å². The maximum Gasteiger partial charge on any atom is 0.234 e. The number of halogens is 1. The first-order chi connectivity index (χ1) is 15.1. The zero-order valence-corrected chi connectivity index (χ0v) is 18.7. The molecule has 0 saturated carbocycles. The third-order valence-corrected chi connectivity index (χ3v) is 6.99. The lowest BCUT2D eigenvalue weighted by Crippen LogP contribution is -2.14. The average Bonchev–Trinajstić information content (AvgIpc) is 3.39. The van der Waals surface area contributed by atoms with E-state index in [1.54, 1.807) is 23.5 Å². The molecule has 0 aliphatic carbocycles. The van der Waals surface area contributed by atoms with Crippen LogP contribution < -0.4 is 14.8 Å². The number of benzene rings is 2. The molecule has 5 rings (SSSR count). The van der Waals surface area contributed by atoms with E-state index in [2.05, 4.69) is 33.5 Å². The summed E-state index contributed by atoms with van der Waals surface area (Å²) in [7, 11) is 0. The summed E-state index contributed by atoms with van der Waals surface area (Å²) in [6.45, 7) is 2.01. The molecule has 4 aromatic rings. The van der Waals surface area contributed by atoms with Gasteiger partial charge in [0.25, 0.3) is 0 Å². The summed E-state index contributed by atoms with van der Waals surface area (Å²) in [5, 5.41) is 4.97. The van der Waals surface area contributed by atoms with Crippen LogP contribution in [0.2, 0.25) is 5.02 Å². The van der Waals surface area contributed by atoms with Crippen LogP contribution in [0, 0.1) is 6.92 Å². The lowest BCUT2D eigenvalue weighted by atomic mass is 10.2. The smallest absolute Gasteiger partial charge is 0.234 e. The predicted molar refractivity (Wildman–Crippen MR) is 125 cm³/mol. The lowest BCUT2D eigenvalue weighted by Gasteiger charge is -2.08. The Hall–Kier alpha value is -2.81. The van der Waals surface area contributed by atoms with E-state index in [0.717, 1.165) is 25.7 Å². The van der Waals surface area contributed by atoms with Gasteiger partial charge < -0.3 is 14.8 Å². The molecule has 2 aromatic carbocycles. The highest BCUT2D eigenvalue weighted by Crippen LogP contribution is 2.40. The number of aryl methyl sites for hydroxylation is 1. The molecule has 0 fully saturated rings. The number of hydrogen-bond donors (Lipinski definition) is 1. The van der Waals surface area contributed by atoms with Crippen molar-refractivity contribution in [3.8, 4) is 21.9 Å². The van der Waals surface area contributed by atoms with Crippen LogP contribution in [0.5, 0.6) is 11.5 Å². The molecule has 6 nitrogen and oxygen atoms in total. The van der Waals surface area contributed by atoms with Gasteiger partial charge in [-0.15, -0.1) is 11.3 Å². The molecule has 31 heavy (non-hydrogen) atoms. The summed E-state index contributed by atoms with van der Waals surface area (Å²) in [6.07, 6.45) is 0. The van der Waals surface area contributed by atoms with Crippen molar-refractivity contribution < 1.29 is 14.3 Å². The number of carbonyl (C=O) groups is 1. The summed E-state index contributed by atoms with van der Waals surface area (Å²) in [5.74, 6) is 1.81. The van der Waals surface area contributed by atoms with Crippen molar-refractivity contribution in [2.75, 3.05) is 17.9 Å². The monoisotopic (exact) mass is 469 g/mol. The van der Waals surface area contributed by atoms with Crippen LogP contribution in [0.25, 0.3) is 20.7 Å². The first-order valence-corrected chi connectivity index (χ1v) is 11.6. The minimum Gasteiger partial charge on any atom is -0.454 e. The Morgan fingerprint density at radius 3 is 2.74 bits per heavy atom. The molecule has 9 heteroatoms. The summed E-state index contributed by atoms with van der Waals surface area (Å²) in [6, 6.07) is 15.6. The number of thiophene rings is 1. The number of carbonyl (C=O) groups excluding carboxylic acids is 1. The number of ether oxygens (including phenoxy) is 2. The molecule has 0 saturated heterocycles. The average molecular weight is 470 g/mol. The van der Waals surface area contributed by atoms with Crippen molar-refractivity contribution >= 4 is 56.5 Å². The number of fused-ring (bicyclic) bond motifs is 2. The van der Waals surface area contributed by atoms with Gasteiger partial charge in [0, 0.05) is 22.4 Å². The fourth-order valence-electron chi connectivity index (χ4n) is 3.18. The van der Waals surface area contributed by atoms with Gasteiger partial charge in [0.1, 0.15) is 15.7 Å². The van der Waals surface area contributed by atoms with Crippen molar-refractivity contribution in [2.45, 2.75) is 11.9 Å². The molecular formula is C22H16ClN3O3S2. The molecule has 1 amide bonds. The zero-order valence-electron chi connectivity index (χ0n) is 16.3. The molecule has 1 N–H and O–H groups in total. The van der Waals surface area contributed by atoms with E-state index in [1.807, 2.05) is 25.1 Å². The Labute approximate surface area is 191 Å². The number of hydrogen-bond acceptors (Lipinski definition) is 7. The van der Waals surface area contributed by atoms with E-state index in [4.69, 9.17) is 21.1 Å². The van der Waals surface area contributed by atoms with Crippen LogP contribution >= 0.6 is 34.7 Å². The van der Waals surface area contributed by atoms with Gasteiger partial charge in [-0.2, -0.15) is 0 Å². The number of amides is 1. The van der Waals surface area contributed by atoms with Crippen LogP contribution in [-0.4, -0.2) is 28.4 Å². The summed E-state index contributed by atoms with van der Waals surface area (Å²) >= 11 is 9.25. The van der Waals surface area contributed by atoms with Crippen molar-refractivity contribution in [1.29, 1.82) is 0 Å². The molecule has 3 heterocycles. The van der Waals surface area contributed by atoms with Gasteiger partial charge in [-0.05, 0) is 18.6 Å². The maximum absolute atomic E-state index is 12.6. The number of rotatable bonds is 5. The SMILES string of the molecule is Cc1nc(SCC(=O)Nc2cc3c(cc2Cl)OCO3)c2cc(-c3ccccc3)sc2n1. The molecular weight excluding hydrogens is 454 g/mol. The Kier molecular flexibility index (Phi) is 5.43. The van der Waals surface area contributed by atoms with E-state index < -0.39 is 0 Å². The minimum absolute atomic E-state index is 0.146. The Bertz CT molecular complexity index is 1290. The first-order valence-electron chi connectivity index (χ1n) is 9.42. The number of aromatic nitrogens is 2. The third-order valence-electron chi connectivity index (χ3n) is 4.60. The molecule has 0 atom stereocenters. The van der Waals surface area contributed by atoms with Gasteiger partial charge in [0.05, 0.1) is 16.5 Å². The molecule has 2 aromatic heterocycles. The summed E-state index contributed by atoms with van der Waals surface area (Å²) in [4.78, 5) is 23.8. The fourth-order valence-corrected chi connectivity index (χ4v) is 5.38. The molecule has 1 aliphatic heterocycles. The number of anilines is 1. The van der Waals surface area contributed by atoms with Crippen LogP contribution in [0.4, 0.5) is 5.69 Å². The minimum atomic E-state index is -0.186. The van der Waals surface area contributed by atoms with Crippen LogP contribution in [0.3, 0.4) is 0 Å². The van der Waals surface area contributed by atoms with Crippen molar-refractivity contribution in [3.05, 3.63) is 59.4 Å². The van der Waals surface area contributed by atoms with Gasteiger partial charge in [0.15, 0.2) is 11.5 Å². The maximum atomic E-state index is 12.6. The van der Waals surface area contributed by atoms with Crippen LogP contribution in [0.15, 0.2) is 53.6 Å². The Morgan fingerprint density at radius 1 is 1.16 bits per heavy atom. The third kappa shape index (κ3) is 4.19. The molecule has 1 aliphatic rings. The summed E-state index contributed by atoms with van der Waals surface area (Å²) in [5.41, 5.74) is 1.62. The number of nitrogens with one attached hydrogen (secondary N) is 1. The number of nitrogens with zero attached hydrogens (tertiary/aromatic N) is 2. The molecule has 0 unspecified atom stereocenters. The molecule has 156 valence electrons. The quantitative estimate of drug-likeness (QED) is 0.295. The highest BCUT2D eigenvalue weighted by atomic mass is 35.5. The van der Waals surface area contributed by atoms with E-state index in [-0.39, 0.29) is 18.5 Å². The molecule has 0 radical (unpaired) electrons. The van der Waals surface area contributed by atoms with Crippen LogP contribution in [0.1, 0.15) is 5.82 Å². The van der Waals surface area contributed by atoms with Gasteiger partial charge in [-0.3, -0.25) is 4.79 Å². The van der Waals surface area contributed by atoms with E-state index in [1.165, 1.54) is 11.8 Å². The summed E-state index contributed by atoms with van der Waals surface area (Å²) < 4.78 is 10.6. The van der Waals surface area contributed by atoms with Crippen LogP contribution in [-0.2, 0) is 4.79 Å².